The van der Waals surface area contributed by atoms with Gasteiger partial charge in [-0.25, -0.2) is 0 Å². The van der Waals surface area contributed by atoms with Gasteiger partial charge >= 0.3 is 0 Å². The number of carbonyl (C=O) groups excluding carboxylic acids is 2. The fourth-order valence-corrected chi connectivity index (χ4v) is 3.93. The molecule has 0 heterocycles. The second kappa shape index (κ2) is 9.22. The Morgan fingerprint density at radius 1 is 1.04 bits per heavy atom. The second-order valence-electron chi connectivity index (χ2n) is 7.30. The van der Waals surface area contributed by atoms with Crippen LogP contribution in [0.2, 0.25) is 5.02 Å². The number of halogens is 1. The van der Waals surface area contributed by atoms with Crippen molar-refractivity contribution in [2.75, 3.05) is 18.9 Å². The number of nitrogens with zero attached hydrogens (tertiary/aromatic N) is 1. The Balaban J connectivity index is 1.55. The average molecular weight is 400 g/mol. The summed E-state index contributed by atoms with van der Waals surface area (Å²) in [6.45, 7) is -0.0198. The van der Waals surface area contributed by atoms with Gasteiger partial charge in [0.05, 0.1) is 6.54 Å². The smallest absolute Gasteiger partial charge is 0.253 e. The molecule has 1 aliphatic carbocycles. The summed E-state index contributed by atoms with van der Waals surface area (Å²) in [7, 11) is 1.89. The molecule has 1 fully saturated rings. The van der Waals surface area contributed by atoms with Crippen molar-refractivity contribution in [1.29, 1.82) is 0 Å². The van der Waals surface area contributed by atoms with Crippen LogP contribution in [0.1, 0.15) is 47.5 Å². The molecular formula is C22H26ClN3O2. The molecule has 0 bridgehead atoms. The van der Waals surface area contributed by atoms with Crippen molar-refractivity contribution in [3.05, 3.63) is 64.7 Å². The van der Waals surface area contributed by atoms with Crippen LogP contribution in [-0.2, 0) is 4.79 Å². The van der Waals surface area contributed by atoms with Gasteiger partial charge in [-0.05, 0) is 73.6 Å². The Labute approximate surface area is 170 Å². The highest BCUT2D eigenvalue weighted by Gasteiger charge is 2.27. The maximum absolute atomic E-state index is 12.7. The fourth-order valence-electron chi connectivity index (χ4n) is 3.81. The number of hydrogen-bond donors (Lipinski definition) is 2. The Kier molecular flexibility index (Phi) is 6.70. The van der Waals surface area contributed by atoms with Crippen molar-refractivity contribution in [2.45, 2.75) is 37.6 Å². The van der Waals surface area contributed by atoms with E-state index in [0.717, 1.165) is 31.4 Å². The highest BCUT2D eigenvalue weighted by Crippen LogP contribution is 2.35. The molecule has 2 amide bonds. The topological polar surface area (TPSA) is 75.4 Å². The van der Waals surface area contributed by atoms with E-state index in [1.54, 1.807) is 24.3 Å². The molecule has 0 aliphatic heterocycles. The van der Waals surface area contributed by atoms with Crippen LogP contribution in [-0.4, -0.2) is 36.3 Å². The molecule has 3 N–H and O–H groups in total. The minimum Gasteiger partial charge on any atom is -0.339 e. The number of carbonyl (C=O) groups is 2. The van der Waals surface area contributed by atoms with E-state index in [2.05, 4.69) is 17.4 Å². The molecule has 0 atom stereocenters. The van der Waals surface area contributed by atoms with Gasteiger partial charge < -0.3 is 16.0 Å². The summed E-state index contributed by atoms with van der Waals surface area (Å²) in [6.07, 6.45) is 4.03. The monoisotopic (exact) mass is 399 g/mol. The largest absolute Gasteiger partial charge is 0.339 e. The van der Waals surface area contributed by atoms with Crippen molar-refractivity contribution in [3.63, 3.8) is 0 Å². The van der Waals surface area contributed by atoms with Gasteiger partial charge in [-0.1, -0.05) is 23.7 Å². The summed E-state index contributed by atoms with van der Waals surface area (Å²) >= 11 is 5.91. The molecule has 0 radical (unpaired) electrons. The summed E-state index contributed by atoms with van der Waals surface area (Å²) in [4.78, 5) is 25.9. The van der Waals surface area contributed by atoms with Gasteiger partial charge in [0.15, 0.2) is 0 Å². The van der Waals surface area contributed by atoms with Crippen molar-refractivity contribution >= 4 is 29.1 Å². The van der Waals surface area contributed by atoms with Gasteiger partial charge in [0, 0.05) is 29.4 Å². The Morgan fingerprint density at radius 2 is 1.64 bits per heavy atom. The Morgan fingerprint density at radius 3 is 2.21 bits per heavy atom. The molecule has 28 heavy (non-hydrogen) atoms. The summed E-state index contributed by atoms with van der Waals surface area (Å²) in [5.41, 5.74) is 8.03. The zero-order valence-corrected chi connectivity index (χ0v) is 16.8. The van der Waals surface area contributed by atoms with E-state index in [9.17, 15) is 9.59 Å². The van der Waals surface area contributed by atoms with Crippen LogP contribution in [0, 0.1) is 0 Å². The van der Waals surface area contributed by atoms with Gasteiger partial charge in [-0.2, -0.15) is 0 Å². The molecule has 3 rings (SSSR count). The third kappa shape index (κ3) is 4.91. The minimum atomic E-state index is -0.193. The molecule has 1 saturated carbocycles. The fraction of sp³-hybridized carbons (Fsp3) is 0.364. The molecule has 0 saturated heterocycles. The van der Waals surface area contributed by atoms with Gasteiger partial charge in [-0.15, -0.1) is 0 Å². The zero-order chi connectivity index (χ0) is 20.1. The van der Waals surface area contributed by atoms with Crippen molar-refractivity contribution in [3.8, 4) is 0 Å². The Bertz CT molecular complexity index is 813. The number of hydrogen-bond acceptors (Lipinski definition) is 3. The van der Waals surface area contributed by atoms with Gasteiger partial charge in [0.25, 0.3) is 5.91 Å². The maximum atomic E-state index is 12.7. The molecule has 0 unspecified atom stereocenters. The van der Waals surface area contributed by atoms with E-state index in [4.69, 9.17) is 17.3 Å². The van der Waals surface area contributed by atoms with Crippen molar-refractivity contribution < 1.29 is 9.59 Å². The normalized spacial score (nSPS) is 19.1. The summed E-state index contributed by atoms with van der Waals surface area (Å²) in [5.74, 6) is 0.330. The molecule has 2 aromatic carbocycles. The highest BCUT2D eigenvalue weighted by atomic mass is 35.5. The first-order valence-electron chi connectivity index (χ1n) is 9.60. The van der Waals surface area contributed by atoms with Crippen LogP contribution in [0.3, 0.4) is 0 Å². The number of nitrogens with two attached hydrogens (primary N) is 1. The van der Waals surface area contributed by atoms with E-state index in [1.807, 2.05) is 24.1 Å². The number of benzene rings is 2. The van der Waals surface area contributed by atoms with E-state index in [0.29, 0.717) is 16.5 Å². The third-order valence-corrected chi connectivity index (χ3v) is 5.76. The number of rotatable bonds is 5. The summed E-state index contributed by atoms with van der Waals surface area (Å²) in [6, 6.07) is 15.3. The van der Waals surface area contributed by atoms with Crippen LogP contribution in [0.4, 0.5) is 5.69 Å². The van der Waals surface area contributed by atoms with Crippen molar-refractivity contribution in [1.82, 2.24) is 4.90 Å². The minimum absolute atomic E-state index is 0.0198. The quantitative estimate of drug-likeness (QED) is 0.796. The summed E-state index contributed by atoms with van der Waals surface area (Å²) in [5, 5.41) is 3.39. The lowest BCUT2D eigenvalue weighted by Gasteiger charge is -2.35. The highest BCUT2D eigenvalue weighted by molar-refractivity contribution is 6.30. The van der Waals surface area contributed by atoms with E-state index < -0.39 is 0 Å². The number of anilines is 1. The molecule has 148 valence electrons. The lowest BCUT2D eigenvalue weighted by molar-refractivity contribution is -0.114. The molecular weight excluding hydrogens is 374 g/mol. The van der Waals surface area contributed by atoms with Gasteiger partial charge in [0.1, 0.15) is 0 Å². The molecule has 0 spiro atoms. The third-order valence-electron chi connectivity index (χ3n) is 5.51. The first-order valence-corrected chi connectivity index (χ1v) is 9.98. The standard InChI is InChI=1S/C22H26ClN3O2/c1-26(22(28)17-2-8-18(23)9-3-17)20-12-6-16(7-13-20)15-4-10-19(11-5-15)25-21(27)14-24/h2-5,8-11,16,20H,6-7,12-14,24H2,1H3,(H,25,27). The van der Waals surface area contributed by atoms with Gasteiger partial charge in [0.2, 0.25) is 5.91 Å². The van der Waals surface area contributed by atoms with Crippen LogP contribution in [0.5, 0.6) is 0 Å². The van der Waals surface area contributed by atoms with E-state index in [1.165, 1.54) is 5.56 Å². The molecule has 2 aromatic rings. The number of nitrogens with one attached hydrogen (secondary N) is 1. The van der Waals surface area contributed by atoms with Crippen LogP contribution < -0.4 is 11.1 Å². The average Bonchev–Trinajstić information content (AvgIpc) is 2.74. The van der Waals surface area contributed by atoms with E-state index >= 15 is 0 Å². The molecule has 6 heteroatoms. The lowest BCUT2D eigenvalue weighted by Crippen LogP contribution is -2.39. The van der Waals surface area contributed by atoms with Crippen LogP contribution in [0.15, 0.2) is 48.5 Å². The van der Waals surface area contributed by atoms with Crippen LogP contribution >= 0.6 is 11.6 Å². The SMILES string of the molecule is CN(C(=O)c1ccc(Cl)cc1)C1CCC(c2ccc(NC(=O)CN)cc2)CC1. The second-order valence-corrected chi connectivity index (χ2v) is 7.74. The maximum Gasteiger partial charge on any atom is 0.253 e. The number of amides is 2. The van der Waals surface area contributed by atoms with Crippen LogP contribution in [0.25, 0.3) is 0 Å². The zero-order valence-electron chi connectivity index (χ0n) is 16.0. The van der Waals surface area contributed by atoms with Crippen molar-refractivity contribution in [2.24, 2.45) is 5.73 Å². The van der Waals surface area contributed by atoms with Gasteiger partial charge in [-0.3, -0.25) is 9.59 Å². The molecule has 1 aliphatic rings. The Hall–Kier alpha value is -2.37. The molecule has 0 aromatic heterocycles. The predicted molar refractivity (Wildman–Crippen MR) is 113 cm³/mol. The first-order chi connectivity index (χ1) is 13.5. The lowest BCUT2D eigenvalue weighted by atomic mass is 9.81. The van der Waals surface area contributed by atoms with E-state index in [-0.39, 0.29) is 24.4 Å². The summed E-state index contributed by atoms with van der Waals surface area (Å²) < 4.78 is 0. The predicted octanol–water partition coefficient (Wildman–Crippen LogP) is 4.04. The first kappa shape index (κ1) is 20.4. The molecule has 5 nitrogen and oxygen atoms in total.